The molecule has 1 aromatic rings. The lowest BCUT2D eigenvalue weighted by Crippen LogP contribution is -2.27. The van der Waals surface area contributed by atoms with E-state index in [1.165, 1.54) is 0 Å². The standard InChI is InChI=1S/C8H12N2O2/c1-6(8(9)10)12-5-7-3-2-4-11-7/h2-4,6H,5H2,1H3,(H3,9,10). The summed E-state index contributed by atoms with van der Waals surface area (Å²) in [6.07, 6.45) is 1.23. The van der Waals surface area contributed by atoms with Crippen molar-refractivity contribution in [3.05, 3.63) is 24.2 Å². The number of nitrogens with two attached hydrogens (primary N) is 1. The van der Waals surface area contributed by atoms with Crippen molar-refractivity contribution in [2.24, 2.45) is 5.73 Å². The molecule has 0 bridgehead atoms. The summed E-state index contributed by atoms with van der Waals surface area (Å²) < 4.78 is 10.2. The van der Waals surface area contributed by atoms with Crippen LogP contribution in [-0.2, 0) is 11.3 Å². The Balaban J connectivity index is 2.31. The van der Waals surface area contributed by atoms with Crippen molar-refractivity contribution in [2.75, 3.05) is 0 Å². The molecule has 0 radical (unpaired) electrons. The third-order valence-electron chi connectivity index (χ3n) is 1.49. The Labute approximate surface area is 70.8 Å². The average molecular weight is 168 g/mol. The maximum Gasteiger partial charge on any atom is 0.129 e. The lowest BCUT2D eigenvalue weighted by Gasteiger charge is -2.08. The zero-order valence-electron chi connectivity index (χ0n) is 6.91. The smallest absolute Gasteiger partial charge is 0.129 e. The molecule has 0 aromatic carbocycles. The molecule has 1 atom stereocenters. The minimum atomic E-state index is -0.352. The molecule has 0 aliphatic heterocycles. The molecule has 1 heterocycles. The van der Waals surface area contributed by atoms with Crippen LogP contribution in [0.4, 0.5) is 0 Å². The van der Waals surface area contributed by atoms with Gasteiger partial charge in [0.15, 0.2) is 0 Å². The van der Waals surface area contributed by atoms with E-state index in [0.29, 0.717) is 6.61 Å². The molecule has 4 heteroatoms. The Morgan fingerprint density at radius 2 is 2.58 bits per heavy atom. The largest absolute Gasteiger partial charge is 0.467 e. The van der Waals surface area contributed by atoms with Crippen molar-refractivity contribution in [2.45, 2.75) is 19.6 Å². The van der Waals surface area contributed by atoms with E-state index in [1.54, 1.807) is 19.3 Å². The van der Waals surface area contributed by atoms with E-state index in [4.69, 9.17) is 20.3 Å². The highest BCUT2D eigenvalue weighted by Crippen LogP contribution is 2.03. The number of ether oxygens (including phenoxy) is 1. The van der Waals surface area contributed by atoms with Crippen molar-refractivity contribution in [3.63, 3.8) is 0 Å². The molecule has 12 heavy (non-hydrogen) atoms. The number of nitrogens with one attached hydrogen (secondary N) is 1. The van der Waals surface area contributed by atoms with Gasteiger partial charge in [-0.05, 0) is 19.1 Å². The highest BCUT2D eigenvalue weighted by Gasteiger charge is 2.05. The van der Waals surface area contributed by atoms with Gasteiger partial charge in [0.2, 0.25) is 0 Å². The third-order valence-corrected chi connectivity index (χ3v) is 1.49. The van der Waals surface area contributed by atoms with Crippen LogP contribution in [0.5, 0.6) is 0 Å². The summed E-state index contributed by atoms with van der Waals surface area (Å²) in [5.41, 5.74) is 5.20. The predicted molar refractivity (Wildman–Crippen MR) is 44.9 cm³/mol. The van der Waals surface area contributed by atoms with Crippen LogP contribution in [0.2, 0.25) is 0 Å². The van der Waals surface area contributed by atoms with Crippen molar-refractivity contribution >= 4 is 5.84 Å². The summed E-state index contributed by atoms with van der Waals surface area (Å²) in [6.45, 7) is 2.08. The third kappa shape index (κ3) is 2.39. The molecule has 0 saturated heterocycles. The minimum Gasteiger partial charge on any atom is -0.467 e. The Morgan fingerprint density at radius 1 is 1.83 bits per heavy atom. The predicted octanol–water partition coefficient (Wildman–Crippen LogP) is 1.12. The topological polar surface area (TPSA) is 72.2 Å². The Bertz CT molecular complexity index is 244. The van der Waals surface area contributed by atoms with Crippen LogP contribution in [0.15, 0.2) is 22.8 Å². The lowest BCUT2D eigenvalue weighted by molar-refractivity contribution is 0.0818. The van der Waals surface area contributed by atoms with E-state index in [9.17, 15) is 0 Å². The lowest BCUT2D eigenvalue weighted by atomic mass is 10.4. The summed E-state index contributed by atoms with van der Waals surface area (Å²) in [6, 6.07) is 3.60. The monoisotopic (exact) mass is 168 g/mol. The van der Waals surface area contributed by atoms with Gasteiger partial charge in [-0.25, -0.2) is 0 Å². The van der Waals surface area contributed by atoms with E-state index in [1.807, 2.05) is 6.07 Å². The molecular formula is C8H12N2O2. The molecule has 66 valence electrons. The second-order valence-electron chi connectivity index (χ2n) is 2.49. The summed E-state index contributed by atoms with van der Waals surface area (Å²) >= 11 is 0. The highest BCUT2D eigenvalue weighted by atomic mass is 16.5. The second-order valence-corrected chi connectivity index (χ2v) is 2.49. The molecule has 0 aliphatic carbocycles. The molecule has 0 aliphatic rings. The van der Waals surface area contributed by atoms with Crippen LogP contribution in [0.1, 0.15) is 12.7 Å². The molecule has 0 amide bonds. The molecule has 4 nitrogen and oxygen atoms in total. The average Bonchev–Trinajstić information content (AvgIpc) is 2.51. The first-order chi connectivity index (χ1) is 5.70. The number of amidine groups is 1. The minimum absolute atomic E-state index is 0.0292. The Morgan fingerprint density at radius 3 is 3.08 bits per heavy atom. The van der Waals surface area contributed by atoms with E-state index in [0.717, 1.165) is 5.76 Å². The Kier molecular flexibility index (Phi) is 2.88. The second kappa shape index (κ2) is 3.92. The molecular weight excluding hydrogens is 156 g/mol. The quantitative estimate of drug-likeness (QED) is 0.522. The number of furan rings is 1. The van der Waals surface area contributed by atoms with Crippen molar-refractivity contribution < 1.29 is 9.15 Å². The first-order valence-electron chi connectivity index (χ1n) is 3.68. The zero-order chi connectivity index (χ0) is 8.97. The van der Waals surface area contributed by atoms with Crippen LogP contribution < -0.4 is 5.73 Å². The van der Waals surface area contributed by atoms with Gasteiger partial charge in [-0.15, -0.1) is 0 Å². The maximum absolute atomic E-state index is 7.05. The van der Waals surface area contributed by atoms with Gasteiger partial charge in [0.1, 0.15) is 24.3 Å². The fraction of sp³-hybridized carbons (Fsp3) is 0.375. The molecule has 0 saturated carbocycles. The van der Waals surface area contributed by atoms with Gasteiger partial charge in [-0.3, -0.25) is 5.41 Å². The summed E-state index contributed by atoms with van der Waals surface area (Å²) in [5.74, 6) is 0.768. The van der Waals surface area contributed by atoms with Gasteiger partial charge in [0.05, 0.1) is 6.26 Å². The molecule has 1 aromatic heterocycles. The first kappa shape index (κ1) is 8.80. The van der Waals surface area contributed by atoms with E-state index >= 15 is 0 Å². The van der Waals surface area contributed by atoms with Crippen LogP contribution in [-0.4, -0.2) is 11.9 Å². The van der Waals surface area contributed by atoms with E-state index in [-0.39, 0.29) is 11.9 Å². The summed E-state index contributed by atoms with van der Waals surface area (Å²) in [5, 5.41) is 7.05. The van der Waals surface area contributed by atoms with Crippen LogP contribution in [0.25, 0.3) is 0 Å². The molecule has 1 unspecified atom stereocenters. The van der Waals surface area contributed by atoms with Crippen molar-refractivity contribution in [1.29, 1.82) is 5.41 Å². The SMILES string of the molecule is CC(OCc1ccco1)C(=N)N. The number of hydrogen-bond acceptors (Lipinski definition) is 3. The van der Waals surface area contributed by atoms with Crippen LogP contribution in [0.3, 0.4) is 0 Å². The fourth-order valence-corrected chi connectivity index (χ4v) is 0.692. The maximum atomic E-state index is 7.05. The van der Waals surface area contributed by atoms with Gasteiger partial charge in [-0.1, -0.05) is 0 Å². The first-order valence-corrected chi connectivity index (χ1v) is 3.68. The van der Waals surface area contributed by atoms with Crippen molar-refractivity contribution in [1.82, 2.24) is 0 Å². The van der Waals surface area contributed by atoms with Gasteiger partial charge in [0.25, 0.3) is 0 Å². The number of rotatable bonds is 4. The molecule has 0 spiro atoms. The Hall–Kier alpha value is -1.29. The van der Waals surface area contributed by atoms with Gasteiger partial charge in [-0.2, -0.15) is 0 Å². The van der Waals surface area contributed by atoms with E-state index < -0.39 is 0 Å². The van der Waals surface area contributed by atoms with Gasteiger partial charge >= 0.3 is 0 Å². The van der Waals surface area contributed by atoms with Gasteiger partial charge < -0.3 is 14.9 Å². The highest BCUT2D eigenvalue weighted by molar-refractivity contribution is 5.81. The van der Waals surface area contributed by atoms with Crippen LogP contribution >= 0.6 is 0 Å². The molecule has 0 fully saturated rings. The zero-order valence-corrected chi connectivity index (χ0v) is 6.91. The van der Waals surface area contributed by atoms with Gasteiger partial charge in [0, 0.05) is 0 Å². The molecule has 1 rings (SSSR count). The fourth-order valence-electron chi connectivity index (χ4n) is 0.692. The summed E-state index contributed by atoms with van der Waals surface area (Å²) in [7, 11) is 0. The normalized spacial score (nSPS) is 12.8. The summed E-state index contributed by atoms with van der Waals surface area (Å²) in [4.78, 5) is 0. The molecule has 3 N–H and O–H groups in total. The number of hydrogen-bond donors (Lipinski definition) is 2. The van der Waals surface area contributed by atoms with Crippen LogP contribution in [0, 0.1) is 5.41 Å². The van der Waals surface area contributed by atoms with E-state index in [2.05, 4.69) is 0 Å². The van der Waals surface area contributed by atoms with Crippen molar-refractivity contribution in [3.8, 4) is 0 Å².